The number of hydrogen-bond donors (Lipinski definition) is 0. The Balaban J connectivity index is 2.20. The van der Waals surface area contributed by atoms with E-state index in [-0.39, 0.29) is 9.79 Å². The highest BCUT2D eigenvalue weighted by molar-refractivity contribution is 9.10. The van der Waals surface area contributed by atoms with E-state index in [0.29, 0.717) is 16.3 Å². The molecule has 3 aromatic carbocycles. The average molecular weight is 521 g/mol. The largest absolute Gasteiger partial charge is 0.302 e. The molecule has 0 unspecified atom stereocenters. The van der Waals surface area contributed by atoms with Crippen LogP contribution in [0.15, 0.2) is 99.2 Å². The quantitative estimate of drug-likeness (QED) is 0.406. The lowest BCUT2D eigenvalue weighted by Crippen LogP contribution is -2.39. The van der Waals surface area contributed by atoms with Crippen LogP contribution in [0.1, 0.15) is 18.9 Å². The van der Waals surface area contributed by atoms with Crippen molar-refractivity contribution in [2.24, 2.45) is 0 Å². The summed E-state index contributed by atoms with van der Waals surface area (Å²) in [5, 5.41) is 0. The van der Waals surface area contributed by atoms with Gasteiger partial charge in [-0.3, -0.25) is 0 Å². The predicted molar refractivity (Wildman–Crippen MR) is 123 cm³/mol. The van der Waals surface area contributed by atoms with Crippen LogP contribution < -0.4 is 0 Å². The zero-order valence-corrected chi connectivity index (χ0v) is 19.9. The van der Waals surface area contributed by atoms with Gasteiger partial charge < -0.3 is 4.79 Å². The van der Waals surface area contributed by atoms with Crippen molar-refractivity contribution in [1.82, 2.24) is 0 Å². The van der Waals surface area contributed by atoms with Crippen LogP contribution in [0.5, 0.6) is 0 Å². The maximum absolute atomic E-state index is 13.5. The first-order valence-electron chi connectivity index (χ1n) is 9.41. The highest BCUT2D eigenvalue weighted by atomic mass is 79.9. The van der Waals surface area contributed by atoms with Crippen molar-refractivity contribution in [1.29, 1.82) is 0 Å². The molecule has 0 radical (unpaired) electrons. The van der Waals surface area contributed by atoms with Crippen LogP contribution in [0.2, 0.25) is 0 Å². The van der Waals surface area contributed by atoms with Gasteiger partial charge in [0.25, 0.3) is 0 Å². The second-order valence-corrected chi connectivity index (χ2v) is 12.9. The second kappa shape index (κ2) is 9.06. The number of rotatable bonds is 8. The summed E-state index contributed by atoms with van der Waals surface area (Å²) in [6.07, 6.45) is 0.185. The van der Waals surface area contributed by atoms with E-state index >= 15 is 0 Å². The monoisotopic (exact) mass is 520 g/mol. The maximum atomic E-state index is 13.5. The van der Waals surface area contributed by atoms with E-state index < -0.39 is 36.1 Å². The Bertz CT molecular complexity index is 1200. The lowest BCUT2D eigenvalue weighted by Gasteiger charge is -2.29. The van der Waals surface area contributed by atoms with Crippen LogP contribution in [-0.2, 0) is 29.9 Å². The number of halogens is 1. The fraction of sp³-hybridized carbons (Fsp3) is 0.174. The van der Waals surface area contributed by atoms with E-state index in [9.17, 15) is 21.6 Å². The van der Waals surface area contributed by atoms with Crippen molar-refractivity contribution in [3.05, 3.63) is 95.0 Å². The number of hydrogen-bond acceptors (Lipinski definition) is 5. The molecule has 5 nitrogen and oxygen atoms in total. The highest BCUT2D eigenvalue weighted by Crippen LogP contribution is 2.36. The van der Waals surface area contributed by atoms with Crippen molar-refractivity contribution in [3.8, 4) is 0 Å². The standard InChI is InChI=1S/C23H21BrO5S2/c1-23(17-25,18-9-8-10-19(24)15-18)16-22(30(26,27)20-11-4-2-5-12-20)31(28,29)21-13-6-3-7-14-21/h2-15,17,22H,16H2,1H3/t23-/m0/s1. The molecular formula is C23H21BrO5S2. The van der Waals surface area contributed by atoms with Crippen LogP contribution in [0.3, 0.4) is 0 Å². The van der Waals surface area contributed by atoms with E-state index in [2.05, 4.69) is 15.9 Å². The summed E-state index contributed by atoms with van der Waals surface area (Å²) in [6, 6.07) is 21.7. The molecule has 0 spiro atoms. The molecule has 0 amide bonds. The molecule has 0 heterocycles. The molecule has 1 atom stereocenters. The lowest BCUT2D eigenvalue weighted by atomic mass is 9.81. The summed E-state index contributed by atoms with van der Waals surface area (Å²) in [5.41, 5.74) is -0.827. The lowest BCUT2D eigenvalue weighted by molar-refractivity contribution is -0.112. The van der Waals surface area contributed by atoms with Crippen molar-refractivity contribution >= 4 is 41.9 Å². The molecule has 0 aromatic heterocycles. The summed E-state index contributed by atoms with van der Waals surface area (Å²) in [7, 11) is -8.65. The number of carbonyl (C=O) groups is 1. The van der Waals surface area contributed by atoms with Gasteiger partial charge in [-0.15, -0.1) is 0 Å². The second-order valence-electron chi connectivity index (χ2n) is 7.40. The van der Waals surface area contributed by atoms with E-state index in [0.717, 1.165) is 0 Å². The molecular weight excluding hydrogens is 500 g/mol. The van der Waals surface area contributed by atoms with Crippen molar-refractivity contribution in [2.75, 3.05) is 0 Å². The fourth-order valence-corrected chi connectivity index (χ4v) is 8.55. The summed E-state index contributed by atoms with van der Waals surface area (Å²) in [4.78, 5) is 12.0. The van der Waals surface area contributed by atoms with E-state index in [4.69, 9.17) is 0 Å². The number of benzene rings is 3. The fourth-order valence-electron chi connectivity index (χ4n) is 3.33. The number of aldehydes is 1. The third-order valence-corrected chi connectivity index (χ3v) is 10.8. The first-order chi connectivity index (χ1) is 14.6. The van der Waals surface area contributed by atoms with E-state index in [1.54, 1.807) is 43.3 Å². The molecule has 0 fully saturated rings. The topological polar surface area (TPSA) is 85.3 Å². The van der Waals surface area contributed by atoms with Gasteiger partial charge in [0.2, 0.25) is 0 Å². The Labute approximate surface area is 191 Å². The summed E-state index contributed by atoms with van der Waals surface area (Å²) in [5.74, 6) is 0. The average Bonchev–Trinajstić information content (AvgIpc) is 2.78. The van der Waals surface area contributed by atoms with Gasteiger partial charge in [-0.2, -0.15) is 0 Å². The third-order valence-electron chi connectivity index (χ3n) is 5.17. The smallest absolute Gasteiger partial charge is 0.195 e. The van der Waals surface area contributed by atoms with Crippen LogP contribution >= 0.6 is 15.9 Å². The van der Waals surface area contributed by atoms with Crippen LogP contribution in [-0.4, -0.2) is 27.7 Å². The number of sulfone groups is 2. The van der Waals surface area contributed by atoms with Gasteiger partial charge in [-0.1, -0.05) is 64.5 Å². The molecule has 8 heteroatoms. The predicted octanol–water partition coefficient (Wildman–Crippen LogP) is 4.57. The molecule has 0 N–H and O–H groups in total. The highest BCUT2D eigenvalue weighted by Gasteiger charge is 2.45. The van der Waals surface area contributed by atoms with Crippen molar-refractivity contribution in [3.63, 3.8) is 0 Å². The third kappa shape index (κ3) is 4.81. The Morgan fingerprint density at radius 1 is 0.806 bits per heavy atom. The van der Waals surface area contributed by atoms with E-state index in [1.807, 2.05) is 0 Å². The van der Waals surface area contributed by atoms with Gasteiger partial charge in [0.05, 0.1) is 15.2 Å². The maximum Gasteiger partial charge on any atom is 0.195 e. The van der Waals surface area contributed by atoms with Crippen LogP contribution in [0.4, 0.5) is 0 Å². The molecule has 0 saturated heterocycles. The van der Waals surface area contributed by atoms with Gasteiger partial charge >= 0.3 is 0 Å². The van der Waals surface area contributed by atoms with Gasteiger partial charge in [-0.05, 0) is 55.3 Å². The summed E-state index contributed by atoms with van der Waals surface area (Å²) in [6.45, 7) is 1.55. The van der Waals surface area contributed by atoms with Crippen molar-refractivity contribution in [2.45, 2.75) is 33.1 Å². The van der Waals surface area contributed by atoms with Crippen molar-refractivity contribution < 1.29 is 21.6 Å². The first kappa shape index (κ1) is 23.4. The molecule has 3 aromatic rings. The minimum atomic E-state index is -4.33. The molecule has 0 aliphatic carbocycles. The Kier molecular flexibility index (Phi) is 6.83. The van der Waals surface area contributed by atoms with Gasteiger partial charge in [-0.25, -0.2) is 16.8 Å². The molecule has 0 aliphatic heterocycles. The molecule has 162 valence electrons. The summed E-state index contributed by atoms with van der Waals surface area (Å²) >= 11 is 3.35. The normalized spacial score (nSPS) is 14.2. The Morgan fingerprint density at radius 2 is 1.29 bits per heavy atom. The molecule has 0 saturated carbocycles. The Hall–Kier alpha value is -2.29. The minimum absolute atomic E-state index is 0.109. The summed E-state index contributed by atoms with van der Waals surface area (Å²) < 4.78 is 53.0. The van der Waals surface area contributed by atoms with Gasteiger partial charge in [0, 0.05) is 4.47 Å². The first-order valence-corrected chi connectivity index (χ1v) is 13.3. The van der Waals surface area contributed by atoms with Gasteiger partial charge in [0.1, 0.15) is 6.29 Å². The SMILES string of the molecule is C[C@@](C=O)(CC(S(=O)(=O)c1ccccc1)S(=O)(=O)c1ccccc1)c1cccc(Br)c1. The Morgan fingerprint density at radius 3 is 1.71 bits per heavy atom. The molecule has 0 bridgehead atoms. The number of carbonyl (C=O) groups excluding carboxylic acids is 1. The zero-order valence-electron chi connectivity index (χ0n) is 16.7. The molecule has 3 rings (SSSR count). The molecule has 0 aliphatic rings. The van der Waals surface area contributed by atoms with E-state index in [1.165, 1.54) is 48.5 Å². The zero-order chi connectivity index (χ0) is 22.7. The molecule has 31 heavy (non-hydrogen) atoms. The minimum Gasteiger partial charge on any atom is -0.302 e. The van der Waals surface area contributed by atoms with Crippen LogP contribution in [0.25, 0.3) is 0 Å². The van der Waals surface area contributed by atoms with Crippen LogP contribution in [0, 0.1) is 0 Å². The van der Waals surface area contributed by atoms with Gasteiger partial charge in [0.15, 0.2) is 24.3 Å².